The lowest BCUT2D eigenvalue weighted by Gasteiger charge is -2.25. The molecule has 0 fully saturated rings. The maximum atomic E-state index is 13.5. The Hall–Kier alpha value is -4.05. The number of phenols is 1. The van der Waals surface area contributed by atoms with Gasteiger partial charge in [0, 0.05) is 5.56 Å². The number of carbonyl (C=O) groups is 1. The molecule has 3 aromatic rings. The largest absolute Gasteiger partial charge is 0.507 e. The zero-order valence-electron chi connectivity index (χ0n) is 18.0. The molecule has 0 aliphatic carbocycles. The molecule has 33 heavy (non-hydrogen) atoms. The van der Waals surface area contributed by atoms with Crippen LogP contribution in [0.15, 0.2) is 82.8 Å². The first-order valence-corrected chi connectivity index (χ1v) is 11.2. The predicted molar refractivity (Wildman–Crippen MR) is 124 cm³/mol. The Morgan fingerprint density at radius 1 is 1.00 bits per heavy atom. The molecular formula is C23H23N3O6S. The maximum absolute atomic E-state index is 13.5. The Morgan fingerprint density at radius 3 is 2.33 bits per heavy atom. The second kappa shape index (κ2) is 10.5. The highest BCUT2D eigenvalue weighted by atomic mass is 32.2. The number of nitrogens with zero attached hydrogens (tertiary/aromatic N) is 2. The molecule has 3 aromatic carbocycles. The maximum Gasteiger partial charge on any atom is 0.264 e. The fourth-order valence-electron chi connectivity index (χ4n) is 2.95. The number of hydrazone groups is 1. The van der Waals surface area contributed by atoms with Gasteiger partial charge in [-0.3, -0.25) is 9.10 Å². The van der Waals surface area contributed by atoms with E-state index in [0.717, 1.165) is 4.31 Å². The van der Waals surface area contributed by atoms with Crippen molar-refractivity contribution in [2.24, 2.45) is 5.10 Å². The van der Waals surface area contributed by atoms with Crippen LogP contribution in [0.1, 0.15) is 5.56 Å². The second-order valence-corrected chi connectivity index (χ2v) is 8.57. The van der Waals surface area contributed by atoms with Crippen LogP contribution < -0.4 is 19.2 Å². The minimum Gasteiger partial charge on any atom is -0.507 e. The first-order chi connectivity index (χ1) is 15.9. The molecule has 0 aliphatic heterocycles. The van der Waals surface area contributed by atoms with E-state index in [2.05, 4.69) is 10.5 Å². The standard InChI is InChI=1S/C23H23N3O6S/c1-31-18-11-13-19(14-12-18)33(29,30)26(20-8-4-6-10-22(20)32-2)16-23(28)25-24-15-17-7-3-5-9-21(17)27/h3-15,27H,16H2,1-2H3,(H,25,28)/b24-15-. The highest BCUT2D eigenvalue weighted by molar-refractivity contribution is 7.92. The van der Waals surface area contributed by atoms with Crippen molar-refractivity contribution in [1.29, 1.82) is 0 Å². The molecule has 0 atom stereocenters. The van der Waals surface area contributed by atoms with E-state index in [1.165, 1.54) is 50.8 Å². The van der Waals surface area contributed by atoms with E-state index in [9.17, 15) is 18.3 Å². The van der Waals surface area contributed by atoms with Crippen LogP contribution in [0.2, 0.25) is 0 Å². The molecule has 2 N–H and O–H groups in total. The number of benzene rings is 3. The van der Waals surface area contributed by atoms with Crippen LogP contribution in [0.25, 0.3) is 0 Å². The van der Waals surface area contributed by atoms with E-state index in [1.807, 2.05) is 0 Å². The van der Waals surface area contributed by atoms with Crippen LogP contribution >= 0.6 is 0 Å². The summed E-state index contributed by atoms with van der Waals surface area (Å²) in [6.07, 6.45) is 1.26. The number of para-hydroxylation sites is 3. The van der Waals surface area contributed by atoms with E-state index in [1.54, 1.807) is 42.5 Å². The molecule has 0 unspecified atom stereocenters. The van der Waals surface area contributed by atoms with Crippen LogP contribution in [0.3, 0.4) is 0 Å². The fourth-order valence-corrected chi connectivity index (χ4v) is 4.38. The number of hydrogen-bond acceptors (Lipinski definition) is 7. The van der Waals surface area contributed by atoms with Gasteiger partial charge in [-0.2, -0.15) is 5.10 Å². The molecule has 10 heteroatoms. The van der Waals surface area contributed by atoms with Gasteiger partial charge in [0.1, 0.15) is 23.8 Å². The summed E-state index contributed by atoms with van der Waals surface area (Å²) in [6, 6.07) is 18.7. The number of rotatable bonds is 9. The van der Waals surface area contributed by atoms with Crippen molar-refractivity contribution in [3.63, 3.8) is 0 Å². The van der Waals surface area contributed by atoms with E-state index >= 15 is 0 Å². The van der Waals surface area contributed by atoms with E-state index in [4.69, 9.17) is 9.47 Å². The quantitative estimate of drug-likeness (QED) is 0.368. The van der Waals surface area contributed by atoms with Gasteiger partial charge in [-0.25, -0.2) is 13.8 Å². The van der Waals surface area contributed by atoms with Gasteiger partial charge in [-0.05, 0) is 48.5 Å². The zero-order valence-corrected chi connectivity index (χ0v) is 18.8. The van der Waals surface area contributed by atoms with Gasteiger partial charge in [-0.1, -0.05) is 24.3 Å². The lowest BCUT2D eigenvalue weighted by molar-refractivity contribution is -0.119. The third kappa shape index (κ3) is 5.60. The number of anilines is 1. The molecule has 0 radical (unpaired) electrons. The number of ether oxygens (including phenoxy) is 2. The minimum absolute atomic E-state index is 0.00627. The second-order valence-electron chi connectivity index (χ2n) is 6.71. The summed E-state index contributed by atoms with van der Waals surface area (Å²) >= 11 is 0. The molecule has 0 aromatic heterocycles. The van der Waals surface area contributed by atoms with Crippen molar-refractivity contribution in [3.05, 3.63) is 78.4 Å². The van der Waals surface area contributed by atoms with Crippen molar-refractivity contribution in [2.45, 2.75) is 4.90 Å². The number of methoxy groups -OCH3 is 2. The predicted octanol–water partition coefficient (Wildman–Crippen LogP) is 2.76. The van der Waals surface area contributed by atoms with Crippen LogP contribution in [0, 0.1) is 0 Å². The van der Waals surface area contributed by atoms with Crippen LogP contribution in [0.4, 0.5) is 5.69 Å². The molecule has 0 heterocycles. The van der Waals surface area contributed by atoms with Crippen LogP contribution in [-0.2, 0) is 14.8 Å². The summed E-state index contributed by atoms with van der Waals surface area (Å²) in [4.78, 5) is 12.6. The Bertz CT molecular complexity index is 1240. The van der Waals surface area contributed by atoms with Crippen LogP contribution in [0.5, 0.6) is 17.2 Å². The van der Waals surface area contributed by atoms with E-state index in [-0.39, 0.29) is 22.1 Å². The molecule has 0 bridgehead atoms. The van der Waals surface area contributed by atoms with Crippen molar-refractivity contribution < 1.29 is 27.8 Å². The first-order valence-electron chi connectivity index (χ1n) is 9.76. The number of phenolic OH excluding ortho intramolecular Hbond substituents is 1. The molecule has 0 spiro atoms. The lowest BCUT2D eigenvalue weighted by atomic mass is 10.2. The van der Waals surface area contributed by atoms with E-state index < -0.39 is 22.5 Å². The van der Waals surface area contributed by atoms with Gasteiger partial charge >= 0.3 is 0 Å². The Balaban J connectivity index is 1.90. The van der Waals surface area contributed by atoms with Gasteiger partial charge in [-0.15, -0.1) is 0 Å². The highest BCUT2D eigenvalue weighted by Crippen LogP contribution is 2.32. The molecule has 172 valence electrons. The highest BCUT2D eigenvalue weighted by Gasteiger charge is 2.29. The number of carbonyl (C=O) groups excluding carboxylic acids is 1. The third-order valence-corrected chi connectivity index (χ3v) is 6.39. The Morgan fingerprint density at radius 2 is 1.67 bits per heavy atom. The summed E-state index contributed by atoms with van der Waals surface area (Å²) in [5.74, 6) is 0.0760. The smallest absolute Gasteiger partial charge is 0.264 e. The lowest BCUT2D eigenvalue weighted by Crippen LogP contribution is -2.39. The molecule has 9 nitrogen and oxygen atoms in total. The number of sulfonamides is 1. The summed E-state index contributed by atoms with van der Waals surface area (Å²) in [5, 5.41) is 13.6. The van der Waals surface area contributed by atoms with Crippen LogP contribution in [-0.4, -0.2) is 46.4 Å². The number of hydrogen-bond donors (Lipinski definition) is 2. The third-order valence-electron chi connectivity index (χ3n) is 4.62. The van der Waals surface area contributed by atoms with Crippen molar-refractivity contribution in [2.75, 3.05) is 25.1 Å². The number of nitrogens with one attached hydrogen (secondary N) is 1. The van der Waals surface area contributed by atoms with Gasteiger partial charge in [0.05, 0.1) is 31.0 Å². The van der Waals surface area contributed by atoms with Crippen molar-refractivity contribution in [3.8, 4) is 17.2 Å². The van der Waals surface area contributed by atoms with Crippen molar-refractivity contribution in [1.82, 2.24) is 5.43 Å². The Kier molecular flexibility index (Phi) is 7.52. The van der Waals surface area contributed by atoms with Crippen molar-refractivity contribution >= 4 is 27.8 Å². The van der Waals surface area contributed by atoms with Gasteiger partial charge < -0.3 is 14.6 Å². The molecule has 1 amide bonds. The summed E-state index contributed by atoms with van der Waals surface area (Å²) in [7, 11) is -1.26. The molecular weight excluding hydrogens is 446 g/mol. The molecule has 3 rings (SSSR count). The summed E-state index contributed by atoms with van der Waals surface area (Å²) in [5.41, 5.74) is 2.87. The first kappa shape index (κ1) is 23.6. The minimum atomic E-state index is -4.15. The van der Waals surface area contributed by atoms with Gasteiger partial charge in [0.15, 0.2) is 0 Å². The molecule has 0 saturated carbocycles. The molecule has 0 aliphatic rings. The average Bonchev–Trinajstić information content (AvgIpc) is 2.83. The fraction of sp³-hybridized carbons (Fsp3) is 0.130. The average molecular weight is 470 g/mol. The normalized spacial score (nSPS) is 11.2. The number of amides is 1. The zero-order chi connectivity index (χ0) is 23.8. The SMILES string of the molecule is COc1ccc(S(=O)(=O)N(CC(=O)N/N=C\c2ccccc2O)c2ccccc2OC)cc1. The van der Waals surface area contributed by atoms with Gasteiger partial charge in [0.2, 0.25) is 0 Å². The summed E-state index contributed by atoms with van der Waals surface area (Å²) in [6.45, 7) is -0.563. The summed E-state index contributed by atoms with van der Waals surface area (Å²) < 4.78 is 38.3. The molecule has 0 saturated heterocycles. The Labute approximate surface area is 191 Å². The number of aromatic hydroxyl groups is 1. The van der Waals surface area contributed by atoms with Gasteiger partial charge in [0.25, 0.3) is 15.9 Å². The monoisotopic (exact) mass is 469 g/mol. The van der Waals surface area contributed by atoms with E-state index in [0.29, 0.717) is 11.3 Å². The topological polar surface area (TPSA) is 118 Å².